The number of hydrogen-bond acceptors (Lipinski definition) is 4. The van der Waals surface area contributed by atoms with Crippen LogP contribution in [-0.4, -0.2) is 35.0 Å². The van der Waals surface area contributed by atoms with Gasteiger partial charge in [0.15, 0.2) is 0 Å². The third-order valence-corrected chi connectivity index (χ3v) is 6.05. The molecule has 0 spiro atoms. The van der Waals surface area contributed by atoms with Crippen molar-refractivity contribution in [2.24, 2.45) is 35.5 Å². The average Bonchev–Trinajstić information content (AvgIpc) is 2.51. The molecule has 0 aliphatic heterocycles. The van der Waals surface area contributed by atoms with Crippen molar-refractivity contribution in [2.75, 3.05) is 6.61 Å². The number of hydrogen-bond donors (Lipinski definition) is 2. The van der Waals surface area contributed by atoms with Crippen molar-refractivity contribution in [1.82, 2.24) is 0 Å². The van der Waals surface area contributed by atoms with Crippen molar-refractivity contribution >= 4 is 5.97 Å². The van der Waals surface area contributed by atoms with E-state index in [1.54, 1.807) is 0 Å². The molecule has 0 aromatic carbocycles. The van der Waals surface area contributed by atoms with E-state index < -0.39 is 0 Å². The van der Waals surface area contributed by atoms with Crippen LogP contribution < -0.4 is 0 Å². The van der Waals surface area contributed by atoms with Gasteiger partial charge in [0, 0.05) is 6.42 Å². The van der Waals surface area contributed by atoms with Crippen molar-refractivity contribution in [3.63, 3.8) is 0 Å². The Morgan fingerprint density at radius 1 is 0.840 bits per heavy atom. The first-order valence-corrected chi connectivity index (χ1v) is 10.2. The van der Waals surface area contributed by atoms with Gasteiger partial charge >= 0.3 is 5.97 Å². The minimum atomic E-state index is -0.205. The maximum Gasteiger partial charge on any atom is 0.306 e. The maximum absolute atomic E-state index is 11.3. The first-order valence-electron chi connectivity index (χ1n) is 10.2. The van der Waals surface area contributed by atoms with Gasteiger partial charge in [-0.15, -0.1) is 0 Å². The molecule has 2 fully saturated rings. The van der Waals surface area contributed by atoms with E-state index >= 15 is 0 Å². The van der Waals surface area contributed by atoms with Crippen molar-refractivity contribution in [2.45, 2.75) is 85.9 Å². The summed E-state index contributed by atoms with van der Waals surface area (Å²) in [6.45, 7) is 13.0. The lowest BCUT2D eigenvalue weighted by molar-refractivity contribution is -0.145. The Labute approximate surface area is 154 Å². The molecule has 0 aromatic heterocycles. The molecule has 2 N–H and O–H groups in total. The molecule has 4 heteroatoms. The summed E-state index contributed by atoms with van der Waals surface area (Å²) in [4.78, 5) is 11.3. The molecule has 4 nitrogen and oxygen atoms in total. The Morgan fingerprint density at radius 2 is 1.24 bits per heavy atom. The van der Waals surface area contributed by atoms with Gasteiger partial charge in [-0.3, -0.25) is 4.79 Å². The summed E-state index contributed by atoms with van der Waals surface area (Å²) in [6.07, 6.45) is 4.53. The molecular weight excluding hydrogens is 316 g/mol. The Hall–Kier alpha value is -0.610. The molecule has 0 amide bonds. The van der Waals surface area contributed by atoms with Crippen LogP contribution in [0.4, 0.5) is 0 Å². The minimum absolute atomic E-state index is 0.0452. The summed E-state index contributed by atoms with van der Waals surface area (Å²) in [6, 6.07) is 0. The molecule has 2 rings (SSSR count). The van der Waals surface area contributed by atoms with Gasteiger partial charge in [-0.25, -0.2) is 0 Å². The topological polar surface area (TPSA) is 66.8 Å². The first kappa shape index (κ1) is 22.4. The Bertz CT molecular complexity index is 373. The smallest absolute Gasteiger partial charge is 0.306 e. The van der Waals surface area contributed by atoms with Gasteiger partial charge in [0.05, 0.1) is 18.8 Å². The molecule has 4 atom stereocenters. The molecule has 2 aliphatic rings. The number of aliphatic hydroxyl groups excluding tert-OH is 2. The summed E-state index contributed by atoms with van der Waals surface area (Å²) in [5.74, 6) is 2.72. The molecule has 0 saturated heterocycles. The van der Waals surface area contributed by atoms with Crippen LogP contribution in [0.1, 0.15) is 73.6 Å². The van der Waals surface area contributed by atoms with Gasteiger partial charge in [-0.2, -0.15) is 0 Å². The zero-order valence-corrected chi connectivity index (χ0v) is 17.1. The summed E-state index contributed by atoms with van der Waals surface area (Å²) in [7, 11) is 0. The highest BCUT2D eigenvalue weighted by molar-refractivity contribution is 5.69. The third kappa shape index (κ3) is 7.26. The minimum Gasteiger partial charge on any atom is -0.466 e. The number of carbonyl (C=O) groups excluding carboxylic acids is 1. The number of ether oxygens (including phenoxy) is 1. The van der Waals surface area contributed by atoms with Gasteiger partial charge in [0.2, 0.25) is 0 Å². The summed E-state index contributed by atoms with van der Waals surface area (Å²) in [5.41, 5.74) is 0. The monoisotopic (exact) mass is 356 g/mol. The second kappa shape index (κ2) is 10.5. The summed E-state index contributed by atoms with van der Waals surface area (Å²) >= 11 is 0. The second-order valence-corrected chi connectivity index (χ2v) is 8.81. The Kier molecular flexibility index (Phi) is 9.44. The van der Waals surface area contributed by atoms with Crippen molar-refractivity contribution < 1.29 is 19.7 Å². The normalized spacial score (nSPS) is 41.4. The quantitative estimate of drug-likeness (QED) is 0.749. The molecule has 0 aromatic rings. The van der Waals surface area contributed by atoms with Crippen LogP contribution >= 0.6 is 0 Å². The SMILES string of the molecule is CC1CC(C)C(O)C(C)C1.CCOC(=O)CC1CC(C)C(O)C(C)C1. The molecule has 25 heavy (non-hydrogen) atoms. The number of aliphatic hydroxyl groups is 2. The fourth-order valence-electron chi connectivity index (χ4n) is 4.82. The molecule has 0 heterocycles. The molecule has 0 radical (unpaired) electrons. The molecule has 0 bridgehead atoms. The highest BCUT2D eigenvalue weighted by Crippen LogP contribution is 2.35. The van der Waals surface area contributed by atoms with Crippen LogP contribution in [0, 0.1) is 35.5 Å². The van der Waals surface area contributed by atoms with E-state index in [0.29, 0.717) is 42.6 Å². The lowest BCUT2D eigenvalue weighted by Gasteiger charge is -2.35. The fraction of sp³-hybridized carbons (Fsp3) is 0.952. The van der Waals surface area contributed by atoms with Gasteiger partial charge in [-0.05, 0) is 68.1 Å². The lowest BCUT2D eigenvalue weighted by Crippen LogP contribution is -2.35. The average molecular weight is 357 g/mol. The van der Waals surface area contributed by atoms with Crippen LogP contribution in [0.3, 0.4) is 0 Å². The third-order valence-electron chi connectivity index (χ3n) is 6.05. The van der Waals surface area contributed by atoms with E-state index in [-0.39, 0.29) is 18.2 Å². The van der Waals surface area contributed by atoms with E-state index in [1.165, 1.54) is 12.8 Å². The zero-order chi connectivity index (χ0) is 19.1. The van der Waals surface area contributed by atoms with E-state index in [0.717, 1.165) is 18.8 Å². The van der Waals surface area contributed by atoms with Crippen LogP contribution in [0.25, 0.3) is 0 Å². The predicted octanol–water partition coefficient (Wildman–Crippen LogP) is 4.03. The fourth-order valence-corrected chi connectivity index (χ4v) is 4.82. The van der Waals surface area contributed by atoms with Gasteiger partial charge in [0.25, 0.3) is 0 Å². The Balaban J connectivity index is 0.000000271. The standard InChI is InChI=1S/C12H22O3.C9H18O/c1-4-15-11(13)7-10-5-8(2)12(14)9(3)6-10;1-6-4-7(2)9(10)8(3)5-6/h8-10,12,14H,4-7H2,1-3H3;6-10H,4-5H2,1-3H3. The highest BCUT2D eigenvalue weighted by Gasteiger charge is 2.32. The van der Waals surface area contributed by atoms with E-state index in [9.17, 15) is 15.0 Å². The highest BCUT2D eigenvalue weighted by atomic mass is 16.5. The predicted molar refractivity (Wildman–Crippen MR) is 101 cm³/mol. The largest absolute Gasteiger partial charge is 0.466 e. The lowest BCUT2D eigenvalue weighted by atomic mass is 9.73. The van der Waals surface area contributed by atoms with Crippen molar-refractivity contribution in [3.05, 3.63) is 0 Å². The number of carbonyl (C=O) groups is 1. The molecule has 2 aliphatic carbocycles. The van der Waals surface area contributed by atoms with Gasteiger partial charge in [-0.1, -0.05) is 34.6 Å². The van der Waals surface area contributed by atoms with Crippen LogP contribution in [0.15, 0.2) is 0 Å². The molecular formula is C21H40O4. The number of rotatable bonds is 3. The molecule has 148 valence electrons. The molecule has 2 saturated carbocycles. The maximum atomic E-state index is 11.3. The second-order valence-electron chi connectivity index (χ2n) is 8.81. The first-order chi connectivity index (χ1) is 11.6. The van der Waals surface area contributed by atoms with E-state index in [4.69, 9.17) is 4.74 Å². The number of esters is 1. The van der Waals surface area contributed by atoms with Crippen molar-refractivity contribution in [3.8, 4) is 0 Å². The van der Waals surface area contributed by atoms with Crippen LogP contribution in [-0.2, 0) is 9.53 Å². The summed E-state index contributed by atoms with van der Waals surface area (Å²) < 4.78 is 4.94. The van der Waals surface area contributed by atoms with Crippen LogP contribution in [0.5, 0.6) is 0 Å². The zero-order valence-electron chi connectivity index (χ0n) is 17.1. The van der Waals surface area contributed by atoms with Crippen molar-refractivity contribution in [1.29, 1.82) is 0 Å². The molecule has 4 unspecified atom stereocenters. The van der Waals surface area contributed by atoms with Crippen LogP contribution in [0.2, 0.25) is 0 Å². The summed E-state index contributed by atoms with van der Waals surface area (Å²) in [5, 5.41) is 19.3. The van der Waals surface area contributed by atoms with E-state index in [2.05, 4.69) is 34.6 Å². The van der Waals surface area contributed by atoms with Gasteiger partial charge in [0.1, 0.15) is 0 Å². The Morgan fingerprint density at radius 3 is 1.64 bits per heavy atom. The van der Waals surface area contributed by atoms with E-state index in [1.807, 2.05) is 6.92 Å². The van der Waals surface area contributed by atoms with Gasteiger partial charge < -0.3 is 14.9 Å².